The fourth-order valence-corrected chi connectivity index (χ4v) is 7.86. The van der Waals surface area contributed by atoms with Crippen LogP contribution in [0.3, 0.4) is 0 Å². The Morgan fingerprint density at radius 3 is 1.66 bits per heavy atom. The van der Waals surface area contributed by atoms with Gasteiger partial charge in [0.05, 0.1) is 28.2 Å². The predicted octanol–water partition coefficient (Wildman–Crippen LogP) is 14.0. The van der Waals surface area contributed by atoms with Gasteiger partial charge in [0.1, 0.15) is 17.1 Å². The normalized spacial score (nSPS) is 12.7. The summed E-state index contributed by atoms with van der Waals surface area (Å²) in [5, 5.41) is 12.3. The van der Waals surface area contributed by atoms with Gasteiger partial charge in [-0.05, 0) is 117 Å². The number of rotatable bonds is 5. The van der Waals surface area contributed by atoms with Gasteiger partial charge in [-0.15, -0.1) is 0 Å². The maximum absolute atomic E-state index is 12.3. The number of aryl methyl sites for hydroxylation is 2. The Bertz CT molecular complexity index is 2620. The molecular weight excluding hydrogens is 709 g/mol. The topological polar surface area (TPSA) is 63.8 Å². The molecule has 4 aromatic carbocycles. The summed E-state index contributed by atoms with van der Waals surface area (Å²) in [6, 6.07) is 32.6. The van der Waals surface area contributed by atoms with Crippen molar-refractivity contribution in [1.82, 2.24) is 19.5 Å². The fourth-order valence-electron chi connectivity index (χ4n) is 7.86. The number of benzene rings is 4. The standard InChI is InChI=1S/C53H60N4O/c1-32-18-17-19-33(2)47(32)57-44-21-23-55-45(46(44)56-49(57)41-30-40(52(9,10)11)31-42(48(41)58)53(12,13)14)37-25-34(24-36(26-37)43-20-15-16-22-54-43)35-27-38(50(3,4)5)29-39(28-35)51(6,7)8/h15-31,58H,1-14H3. The molecule has 5 heteroatoms. The summed E-state index contributed by atoms with van der Waals surface area (Å²) < 4.78 is 2.24. The second-order valence-electron chi connectivity index (χ2n) is 20.3. The van der Waals surface area contributed by atoms with Gasteiger partial charge < -0.3 is 5.11 Å². The average Bonchev–Trinajstić information content (AvgIpc) is 3.52. The van der Waals surface area contributed by atoms with E-state index in [-0.39, 0.29) is 27.4 Å². The first kappa shape index (κ1) is 40.6. The monoisotopic (exact) mass is 768 g/mol. The molecule has 0 aliphatic carbocycles. The summed E-state index contributed by atoms with van der Waals surface area (Å²) >= 11 is 0. The summed E-state index contributed by atoms with van der Waals surface area (Å²) in [4.78, 5) is 15.5. The fraction of sp³-hybridized carbons (Fsp3) is 0.340. The van der Waals surface area contributed by atoms with Crippen LogP contribution in [-0.2, 0) is 21.7 Å². The zero-order valence-electron chi connectivity index (χ0n) is 37.1. The van der Waals surface area contributed by atoms with Crippen molar-refractivity contribution in [3.8, 4) is 56.5 Å². The second kappa shape index (κ2) is 14.4. The summed E-state index contributed by atoms with van der Waals surface area (Å²) in [5.74, 6) is 0.940. The third-order valence-corrected chi connectivity index (χ3v) is 11.4. The van der Waals surface area contributed by atoms with Crippen molar-refractivity contribution < 1.29 is 5.11 Å². The number of hydrogen-bond acceptors (Lipinski definition) is 4. The van der Waals surface area contributed by atoms with E-state index in [1.54, 1.807) is 0 Å². The van der Waals surface area contributed by atoms with Gasteiger partial charge in [0.15, 0.2) is 0 Å². The van der Waals surface area contributed by atoms with Crippen LogP contribution in [0.2, 0.25) is 0 Å². The van der Waals surface area contributed by atoms with Gasteiger partial charge in [0.25, 0.3) is 0 Å². The van der Waals surface area contributed by atoms with E-state index in [9.17, 15) is 5.11 Å². The number of aromatic hydroxyl groups is 1. The Balaban J connectivity index is 1.59. The lowest BCUT2D eigenvalue weighted by Crippen LogP contribution is -2.17. The molecule has 0 saturated carbocycles. The van der Waals surface area contributed by atoms with E-state index >= 15 is 0 Å². The summed E-state index contributed by atoms with van der Waals surface area (Å²) in [7, 11) is 0. The van der Waals surface area contributed by atoms with E-state index in [2.05, 4.69) is 180 Å². The minimum Gasteiger partial charge on any atom is -0.507 e. The number of phenols is 1. The predicted molar refractivity (Wildman–Crippen MR) is 244 cm³/mol. The first-order chi connectivity index (χ1) is 27.0. The van der Waals surface area contributed by atoms with Crippen molar-refractivity contribution >= 4 is 11.0 Å². The average molecular weight is 769 g/mol. The van der Waals surface area contributed by atoms with Gasteiger partial charge >= 0.3 is 0 Å². The molecule has 0 saturated heterocycles. The molecule has 0 radical (unpaired) electrons. The molecule has 0 atom stereocenters. The Labute approximate surface area is 346 Å². The number of para-hydroxylation sites is 1. The zero-order chi connectivity index (χ0) is 42.1. The number of hydrogen-bond donors (Lipinski definition) is 1. The van der Waals surface area contributed by atoms with Crippen LogP contribution in [0.1, 0.15) is 116 Å². The van der Waals surface area contributed by atoms with Gasteiger partial charge in [-0.2, -0.15) is 0 Å². The van der Waals surface area contributed by atoms with Crippen molar-refractivity contribution in [2.45, 2.75) is 119 Å². The van der Waals surface area contributed by atoms with Crippen molar-refractivity contribution in [3.63, 3.8) is 0 Å². The van der Waals surface area contributed by atoms with Crippen LogP contribution in [0.5, 0.6) is 5.75 Å². The Morgan fingerprint density at radius 1 is 0.517 bits per heavy atom. The molecular formula is C53H60N4O. The Hall–Kier alpha value is -5.55. The van der Waals surface area contributed by atoms with Gasteiger partial charge in [-0.3, -0.25) is 14.5 Å². The Kier molecular flexibility index (Phi) is 10.1. The lowest BCUT2D eigenvalue weighted by atomic mass is 9.78. The third kappa shape index (κ3) is 7.72. The molecule has 0 spiro atoms. The van der Waals surface area contributed by atoms with Crippen molar-refractivity contribution in [3.05, 3.63) is 137 Å². The number of nitrogens with zero attached hydrogens (tertiary/aromatic N) is 4. The van der Waals surface area contributed by atoms with Crippen LogP contribution in [0.25, 0.3) is 61.8 Å². The van der Waals surface area contributed by atoms with E-state index in [1.165, 1.54) is 11.1 Å². The summed E-state index contributed by atoms with van der Waals surface area (Å²) in [6.45, 7) is 31.1. The van der Waals surface area contributed by atoms with E-state index in [0.29, 0.717) is 11.4 Å². The van der Waals surface area contributed by atoms with Crippen molar-refractivity contribution in [1.29, 1.82) is 0 Å². The van der Waals surface area contributed by atoms with Crippen molar-refractivity contribution in [2.75, 3.05) is 0 Å². The van der Waals surface area contributed by atoms with Crippen LogP contribution in [-0.4, -0.2) is 24.6 Å². The zero-order valence-corrected chi connectivity index (χ0v) is 37.1. The van der Waals surface area contributed by atoms with E-state index in [1.807, 2.05) is 24.5 Å². The maximum atomic E-state index is 12.3. The number of phenolic OH excluding ortho intramolecular Hbond substituents is 1. The first-order valence-electron chi connectivity index (χ1n) is 20.6. The molecule has 58 heavy (non-hydrogen) atoms. The molecule has 7 aromatic rings. The number of fused-ring (bicyclic) bond motifs is 1. The number of imidazole rings is 1. The highest BCUT2D eigenvalue weighted by atomic mass is 16.3. The molecule has 3 heterocycles. The highest BCUT2D eigenvalue weighted by Crippen LogP contribution is 2.45. The molecule has 0 aliphatic heterocycles. The van der Waals surface area contributed by atoms with Gasteiger partial charge in [-0.25, -0.2) is 4.98 Å². The molecule has 0 aliphatic rings. The second-order valence-corrected chi connectivity index (χ2v) is 20.3. The minimum absolute atomic E-state index is 0.0375. The van der Waals surface area contributed by atoms with E-state index in [0.717, 1.165) is 72.6 Å². The maximum Gasteiger partial charge on any atom is 0.149 e. The van der Waals surface area contributed by atoms with Crippen molar-refractivity contribution in [2.24, 2.45) is 0 Å². The molecule has 5 nitrogen and oxygen atoms in total. The highest BCUT2D eigenvalue weighted by Gasteiger charge is 2.30. The molecule has 0 amide bonds. The Morgan fingerprint density at radius 2 is 1.09 bits per heavy atom. The lowest BCUT2D eigenvalue weighted by molar-refractivity contribution is 0.446. The number of aromatic nitrogens is 4. The molecule has 0 unspecified atom stereocenters. The van der Waals surface area contributed by atoms with Crippen LogP contribution in [0.15, 0.2) is 103 Å². The van der Waals surface area contributed by atoms with Gasteiger partial charge in [0.2, 0.25) is 0 Å². The largest absolute Gasteiger partial charge is 0.507 e. The SMILES string of the molecule is Cc1cccc(C)c1-n1c(-c2cc(C(C)(C)C)cc(C(C)(C)C)c2O)nc2c(-c3cc(-c4cc(C(C)(C)C)cc(C(C)(C)C)c4)cc(-c4ccccn4)c3)nccc21. The summed E-state index contributed by atoms with van der Waals surface area (Å²) in [5.41, 5.74) is 15.6. The summed E-state index contributed by atoms with van der Waals surface area (Å²) in [6.07, 6.45) is 3.74. The van der Waals surface area contributed by atoms with Gasteiger partial charge in [-0.1, -0.05) is 132 Å². The first-order valence-corrected chi connectivity index (χ1v) is 20.6. The van der Waals surface area contributed by atoms with Crippen LogP contribution < -0.4 is 0 Å². The molecule has 7 rings (SSSR count). The molecule has 0 bridgehead atoms. The lowest BCUT2D eigenvalue weighted by Gasteiger charge is -2.27. The van der Waals surface area contributed by atoms with E-state index < -0.39 is 0 Å². The van der Waals surface area contributed by atoms with Crippen LogP contribution in [0.4, 0.5) is 0 Å². The quantitative estimate of drug-likeness (QED) is 0.189. The van der Waals surface area contributed by atoms with Crippen LogP contribution in [0, 0.1) is 13.8 Å². The molecule has 3 aromatic heterocycles. The molecule has 0 fully saturated rings. The third-order valence-electron chi connectivity index (χ3n) is 11.4. The minimum atomic E-state index is -0.304. The van der Waals surface area contributed by atoms with E-state index in [4.69, 9.17) is 15.0 Å². The smallest absolute Gasteiger partial charge is 0.149 e. The van der Waals surface area contributed by atoms with Gasteiger partial charge in [0, 0.05) is 29.1 Å². The molecule has 298 valence electrons. The number of pyridine rings is 2. The molecule has 1 N–H and O–H groups in total. The van der Waals surface area contributed by atoms with Crippen LogP contribution >= 0.6 is 0 Å². The highest BCUT2D eigenvalue weighted by molar-refractivity contribution is 5.96.